The van der Waals surface area contributed by atoms with Crippen LogP contribution >= 0.6 is 0 Å². The third-order valence-electron chi connectivity index (χ3n) is 11.9. The number of aliphatic hydroxyl groups excluding tert-OH is 1. The Kier molecular flexibility index (Phi) is 5.09. The summed E-state index contributed by atoms with van der Waals surface area (Å²) in [5.74, 6) is 0.125. The summed E-state index contributed by atoms with van der Waals surface area (Å²) in [5.41, 5.74) is 16.4. The minimum Gasteiger partial charge on any atom is -0.507 e. The van der Waals surface area contributed by atoms with Crippen LogP contribution in [0, 0.1) is 17.9 Å². The van der Waals surface area contributed by atoms with E-state index in [-0.39, 0.29) is 11.5 Å². The van der Waals surface area contributed by atoms with E-state index in [2.05, 4.69) is 81.1 Å². The minimum atomic E-state index is -0.0154. The molecule has 4 heterocycles. The summed E-state index contributed by atoms with van der Waals surface area (Å²) in [7, 11) is 0. The molecule has 11 rings (SSSR count). The summed E-state index contributed by atoms with van der Waals surface area (Å²) in [5, 5.41) is 34.2. The van der Waals surface area contributed by atoms with E-state index in [0.29, 0.717) is 22.4 Å². The van der Waals surface area contributed by atoms with E-state index in [1.165, 1.54) is 49.5 Å². The van der Waals surface area contributed by atoms with Crippen molar-refractivity contribution < 1.29 is 5.11 Å². The number of nitrogens with two attached hydrogens (primary N) is 1. The summed E-state index contributed by atoms with van der Waals surface area (Å²) in [6.45, 7) is 12.1. The average Bonchev–Trinajstić information content (AvgIpc) is 3.14. The van der Waals surface area contributed by atoms with E-state index in [1.54, 1.807) is 0 Å². The summed E-state index contributed by atoms with van der Waals surface area (Å²) >= 11 is 0. The molecule has 0 atom stereocenters. The number of nitrogens with zero attached hydrogens (tertiary/aromatic N) is 4. The van der Waals surface area contributed by atoms with Gasteiger partial charge in [-0.05, 0) is 57.3 Å². The van der Waals surface area contributed by atoms with E-state index in [4.69, 9.17) is 12.3 Å². The number of benzene rings is 6. The second-order valence-electron chi connectivity index (χ2n) is 14.1. The van der Waals surface area contributed by atoms with Crippen LogP contribution < -0.4 is 25.8 Å². The third kappa shape index (κ3) is 3.18. The number of hydrogen-bond acceptors (Lipinski definition) is 4. The highest BCUT2D eigenvalue weighted by Crippen LogP contribution is 2.56. The first-order valence-corrected chi connectivity index (χ1v) is 17.2. The lowest BCUT2D eigenvalue weighted by atomic mass is 9.72. The second-order valence-corrected chi connectivity index (χ2v) is 14.1. The van der Waals surface area contributed by atoms with Gasteiger partial charge in [-0.3, -0.25) is 0 Å². The molecule has 0 unspecified atom stereocenters. The fraction of sp³-hybridized carbons (Fsp3) is 0.186. The fourth-order valence-electron chi connectivity index (χ4n) is 9.97. The average molecular weight is 633 g/mol. The van der Waals surface area contributed by atoms with Gasteiger partial charge >= 0.3 is 0 Å². The molecule has 0 saturated carbocycles. The first-order valence-electron chi connectivity index (χ1n) is 17.2. The molecule has 5 aliphatic rings. The Balaban J connectivity index is 1.39. The van der Waals surface area contributed by atoms with Crippen LogP contribution in [0.3, 0.4) is 0 Å². The quantitative estimate of drug-likeness (QED) is 0.0741. The number of allylic oxidation sites excluding steroid dienone is 3. The van der Waals surface area contributed by atoms with Crippen molar-refractivity contribution in [3.63, 3.8) is 0 Å². The van der Waals surface area contributed by atoms with Gasteiger partial charge in [0.05, 0.1) is 29.1 Å². The molecule has 0 aromatic heterocycles. The Morgan fingerprint density at radius 3 is 2.00 bits per heavy atom. The standard InChI is InChI=1S/C43H29N5O/c1-46-30(21-44)38-39(35-26-8-2-5-22-13-17-47-18-14-23-6-3-9-27(35)32(23)41(47)31(22)26)43(49)40(38)36-28-10-4-7-24-15-19-48-20-16-25-11-12-29(45)37(36)34(25)42(48)33(24)28/h2-12H,13-20,45H2/p+1/b38-30+. The minimum absolute atomic E-state index is 0.0154. The van der Waals surface area contributed by atoms with Gasteiger partial charge in [0.1, 0.15) is 18.8 Å². The van der Waals surface area contributed by atoms with Gasteiger partial charge < -0.3 is 15.7 Å². The molecule has 6 aromatic rings. The SMILES string of the molecule is [C-]#[N+]/C(C#N)=C1/C(c2c3cccc4c3c3c5c(ccc(N)c25)CCN3CC4)=C(O)C1=c1c2cccc3c2c2c4c(cccc14)CC[N+]=2CC3. The number of nitriles is 1. The molecule has 0 fully saturated rings. The van der Waals surface area contributed by atoms with Gasteiger partial charge in [-0.2, -0.15) is 0 Å². The molecule has 3 N–H and O–H groups in total. The topological polar surface area (TPSA) is 80.7 Å². The number of nitrogen functional groups attached to an aromatic ring is 1. The molecular weight excluding hydrogens is 603 g/mol. The van der Waals surface area contributed by atoms with Crippen molar-refractivity contribution in [3.8, 4) is 6.07 Å². The first-order chi connectivity index (χ1) is 24.1. The van der Waals surface area contributed by atoms with Gasteiger partial charge in [0.15, 0.2) is 0 Å². The van der Waals surface area contributed by atoms with Crippen molar-refractivity contribution in [1.29, 1.82) is 5.26 Å². The maximum atomic E-state index is 12.6. The van der Waals surface area contributed by atoms with Crippen LogP contribution in [-0.2, 0) is 25.7 Å². The van der Waals surface area contributed by atoms with E-state index in [0.717, 1.165) is 89.6 Å². The van der Waals surface area contributed by atoms with Crippen LogP contribution in [0.25, 0.3) is 59.1 Å². The lowest BCUT2D eigenvalue weighted by Crippen LogP contribution is -2.42. The van der Waals surface area contributed by atoms with Crippen molar-refractivity contribution in [1.82, 2.24) is 4.58 Å². The largest absolute Gasteiger partial charge is 0.507 e. The fourth-order valence-corrected chi connectivity index (χ4v) is 9.97. The summed E-state index contributed by atoms with van der Waals surface area (Å²) < 4.78 is 2.52. The predicted molar refractivity (Wildman–Crippen MR) is 197 cm³/mol. The van der Waals surface area contributed by atoms with E-state index in [9.17, 15) is 10.4 Å². The highest BCUT2D eigenvalue weighted by atomic mass is 16.3. The molecule has 0 amide bonds. The van der Waals surface area contributed by atoms with Crippen molar-refractivity contribution >= 4 is 65.6 Å². The second kappa shape index (κ2) is 9.28. The van der Waals surface area contributed by atoms with Crippen molar-refractivity contribution in [2.45, 2.75) is 25.7 Å². The Morgan fingerprint density at radius 2 is 1.37 bits per heavy atom. The Bertz CT molecular complexity index is 2840. The lowest BCUT2D eigenvalue weighted by Gasteiger charge is -2.39. The molecule has 6 heteroatoms. The van der Waals surface area contributed by atoms with E-state index >= 15 is 0 Å². The molecular formula is C43H30N5O+. The molecule has 0 radical (unpaired) electrons. The molecule has 0 spiro atoms. The van der Waals surface area contributed by atoms with Gasteiger partial charge in [0.25, 0.3) is 5.70 Å². The van der Waals surface area contributed by atoms with Gasteiger partial charge in [-0.15, -0.1) is 0 Å². The van der Waals surface area contributed by atoms with Crippen LogP contribution in [-0.4, -0.2) is 31.3 Å². The zero-order chi connectivity index (χ0) is 32.7. The van der Waals surface area contributed by atoms with Gasteiger partial charge in [-0.25, -0.2) is 14.7 Å². The number of rotatable bonds is 1. The molecule has 4 aliphatic heterocycles. The van der Waals surface area contributed by atoms with E-state index in [1.807, 2.05) is 6.07 Å². The van der Waals surface area contributed by atoms with Crippen LogP contribution in [0.2, 0.25) is 0 Å². The molecule has 1 aliphatic carbocycles. The normalized spacial score (nSPS) is 18.1. The molecule has 232 valence electrons. The van der Waals surface area contributed by atoms with Gasteiger partial charge in [0.2, 0.25) is 5.36 Å². The van der Waals surface area contributed by atoms with Crippen LogP contribution in [0.4, 0.5) is 11.4 Å². The third-order valence-corrected chi connectivity index (χ3v) is 11.9. The summed E-state index contributed by atoms with van der Waals surface area (Å²) in [4.78, 5) is 6.31. The smallest absolute Gasteiger partial charge is 0.270 e. The molecule has 0 bridgehead atoms. The number of hydrogen-bond donors (Lipinski definition) is 2. The maximum Gasteiger partial charge on any atom is 0.270 e. The van der Waals surface area contributed by atoms with Crippen molar-refractivity contribution in [2.24, 2.45) is 0 Å². The molecule has 49 heavy (non-hydrogen) atoms. The monoisotopic (exact) mass is 632 g/mol. The summed E-state index contributed by atoms with van der Waals surface area (Å²) in [6.07, 6.45) is 3.77. The highest BCUT2D eigenvalue weighted by Gasteiger charge is 2.40. The van der Waals surface area contributed by atoms with Gasteiger partial charge in [0, 0.05) is 75.3 Å². The summed E-state index contributed by atoms with van der Waals surface area (Å²) in [6, 6.07) is 25.8. The molecule has 0 saturated heterocycles. The molecule has 6 nitrogen and oxygen atoms in total. The zero-order valence-corrected chi connectivity index (χ0v) is 26.8. The first kappa shape index (κ1) is 26.9. The maximum absolute atomic E-state index is 12.6. The van der Waals surface area contributed by atoms with Crippen LogP contribution in [0.1, 0.15) is 27.8 Å². The molecule has 6 aromatic carbocycles. The van der Waals surface area contributed by atoms with Gasteiger partial charge in [-0.1, -0.05) is 60.7 Å². The Morgan fingerprint density at radius 1 is 0.755 bits per heavy atom. The Hall–Kier alpha value is -6.11. The zero-order valence-electron chi connectivity index (χ0n) is 26.8. The Labute approximate surface area is 282 Å². The van der Waals surface area contributed by atoms with Crippen molar-refractivity contribution in [3.05, 3.63) is 134 Å². The van der Waals surface area contributed by atoms with Crippen molar-refractivity contribution in [2.75, 3.05) is 36.8 Å². The van der Waals surface area contributed by atoms with E-state index < -0.39 is 0 Å². The number of anilines is 2. The van der Waals surface area contributed by atoms with Crippen LogP contribution in [0.5, 0.6) is 0 Å². The lowest BCUT2D eigenvalue weighted by molar-refractivity contribution is 0.434. The predicted octanol–water partition coefficient (Wildman–Crippen LogP) is 6.23. The van der Waals surface area contributed by atoms with Crippen LogP contribution in [0.15, 0.2) is 83.8 Å². The highest BCUT2D eigenvalue weighted by molar-refractivity contribution is 6.29. The number of aliphatic hydroxyl groups is 1.